The molecule has 2 aromatic rings. The van der Waals surface area contributed by atoms with E-state index in [1.807, 2.05) is 46.7 Å². The molecule has 1 N–H and O–H groups in total. The Bertz CT molecular complexity index is 667. The predicted molar refractivity (Wildman–Crippen MR) is 94.5 cm³/mol. The van der Waals surface area contributed by atoms with Gasteiger partial charge in [-0.2, -0.15) is 0 Å². The van der Waals surface area contributed by atoms with Crippen LogP contribution in [0, 0.1) is 0 Å². The molecule has 7 heteroatoms. The Morgan fingerprint density at radius 3 is 2.67 bits per heavy atom. The van der Waals surface area contributed by atoms with E-state index in [1.165, 1.54) is 11.8 Å². The van der Waals surface area contributed by atoms with Crippen LogP contribution in [0.1, 0.15) is 13.8 Å². The van der Waals surface area contributed by atoms with Crippen LogP contribution in [0.2, 0.25) is 0 Å². The second-order valence-corrected chi connectivity index (χ2v) is 7.32. The van der Waals surface area contributed by atoms with E-state index in [4.69, 9.17) is 0 Å². The Balaban J connectivity index is 1.64. The number of carbonyl (C=O) groups is 1. The molecule has 0 bridgehead atoms. The van der Waals surface area contributed by atoms with Crippen molar-refractivity contribution in [3.63, 3.8) is 0 Å². The lowest BCUT2D eigenvalue weighted by Crippen LogP contribution is -3.14. The van der Waals surface area contributed by atoms with E-state index in [-0.39, 0.29) is 11.2 Å². The van der Waals surface area contributed by atoms with Gasteiger partial charge >= 0.3 is 0 Å². The molecule has 0 aliphatic carbocycles. The van der Waals surface area contributed by atoms with Crippen molar-refractivity contribution in [2.24, 2.45) is 0 Å². The molecule has 3 rings (SSSR count). The molecular formula is C17H24N5OS+. The van der Waals surface area contributed by atoms with Crippen LogP contribution in [0.4, 0.5) is 0 Å². The first-order chi connectivity index (χ1) is 11.7. The van der Waals surface area contributed by atoms with Gasteiger partial charge in [0.2, 0.25) is 5.91 Å². The van der Waals surface area contributed by atoms with Gasteiger partial charge in [-0.15, -0.1) is 10.2 Å². The number of quaternary nitrogens is 1. The molecule has 1 aromatic carbocycles. The second kappa shape index (κ2) is 7.81. The summed E-state index contributed by atoms with van der Waals surface area (Å²) in [6.45, 7) is 9.06. The highest BCUT2D eigenvalue weighted by Gasteiger charge is 2.27. The standard InChI is InChI=1S/C17H23N5OS/c1-3-20-9-11-21(12-10-20)16(23)14(2)24-17-19-18-13-22(17)15-7-5-4-6-8-15/h4-8,13-14H,3,9-12H2,1-2H3/p+1/t14-/m0/s1. The maximum absolute atomic E-state index is 12.7. The first-order valence-corrected chi connectivity index (χ1v) is 9.31. The molecule has 24 heavy (non-hydrogen) atoms. The highest BCUT2D eigenvalue weighted by atomic mass is 32.2. The number of amides is 1. The molecular weight excluding hydrogens is 322 g/mol. The van der Waals surface area contributed by atoms with Gasteiger partial charge in [0.1, 0.15) is 6.33 Å². The van der Waals surface area contributed by atoms with Crippen molar-refractivity contribution in [3.05, 3.63) is 36.7 Å². The fraction of sp³-hybridized carbons (Fsp3) is 0.471. The molecule has 0 radical (unpaired) electrons. The number of piperazine rings is 1. The average Bonchev–Trinajstić information content (AvgIpc) is 3.10. The first-order valence-electron chi connectivity index (χ1n) is 8.43. The molecule has 1 aliphatic heterocycles. The number of likely N-dealkylation sites (N-methyl/N-ethyl adjacent to an activating group) is 1. The predicted octanol–water partition coefficient (Wildman–Crippen LogP) is 0.495. The van der Waals surface area contributed by atoms with Crippen molar-refractivity contribution < 1.29 is 9.69 Å². The van der Waals surface area contributed by atoms with E-state index < -0.39 is 0 Å². The van der Waals surface area contributed by atoms with Gasteiger partial charge in [0.05, 0.1) is 38.0 Å². The summed E-state index contributed by atoms with van der Waals surface area (Å²) >= 11 is 1.47. The average molecular weight is 346 g/mol. The summed E-state index contributed by atoms with van der Waals surface area (Å²) in [5.74, 6) is 0.192. The van der Waals surface area contributed by atoms with Crippen molar-refractivity contribution in [3.8, 4) is 5.69 Å². The Morgan fingerprint density at radius 1 is 1.29 bits per heavy atom. The summed E-state index contributed by atoms with van der Waals surface area (Å²) in [4.78, 5) is 16.3. The van der Waals surface area contributed by atoms with Crippen LogP contribution in [-0.4, -0.2) is 63.5 Å². The molecule has 0 unspecified atom stereocenters. The van der Waals surface area contributed by atoms with E-state index in [1.54, 1.807) is 11.2 Å². The molecule has 1 saturated heterocycles. The number of nitrogens with one attached hydrogen (secondary N) is 1. The largest absolute Gasteiger partial charge is 0.332 e. The lowest BCUT2D eigenvalue weighted by atomic mass is 10.3. The van der Waals surface area contributed by atoms with Crippen LogP contribution in [-0.2, 0) is 4.79 Å². The van der Waals surface area contributed by atoms with Gasteiger partial charge in [-0.3, -0.25) is 9.36 Å². The van der Waals surface area contributed by atoms with Gasteiger partial charge in [0.25, 0.3) is 0 Å². The summed E-state index contributed by atoms with van der Waals surface area (Å²) < 4.78 is 1.92. The van der Waals surface area contributed by atoms with Gasteiger partial charge in [0, 0.05) is 5.69 Å². The molecule has 1 atom stereocenters. The monoisotopic (exact) mass is 346 g/mol. The van der Waals surface area contributed by atoms with Crippen molar-refractivity contribution >= 4 is 17.7 Å². The van der Waals surface area contributed by atoms with E-state index in [2.05, 4.69) is 17.1 Å². The number of aromatic nitrogens is 3. The molecule has 0 saturated carbocycles. The van der Waals surface area contributed by atoms with Crippen LogP contribution < -0.4 is 4.90 Å². The van der Waals surface area contributed by atoms with Gasteiger partial charge in [-0.05, 0) is 26.0 Å². The first kappa shape index (κ1) is 17.0. The van der Waals surface area contributed by atoms with Crippen molar-refractivity contribution in [2.75, 3.05) is 32.7 Å². The zero-order valence-electron chi connectivity index (χ0n) is 14.2. The van der Waals surface area contributed by atoms with Crippen molar-refractivity contribution in [1.82, 2.24) is 19.7 Å². The normalized spacial score (nSPS) is 17.0. The topological polar surface area (TPSA) is 55.5 Å². The van der Waals surface area contributed by atoms with Crippen molar-refractivity contribution in [2.45, 2.75) is 24.3 Å². The zero-order valence-corrected chi connectivity index (χ0v) is 15.0. The number of thioether (sulfide) groups is 1. The highest BCUT2D eigenvalue weighted by Crippen LogP contribution is 2.24. The summed E-state index contributed by atoms with van der Waals surface area (Å²) in [6.07, 6.45) is 1.69. The molecule has 1 amide bonds. The van der Waals surface area contributed by atoms with Crippen LogP contribution >= 0.6 is 11.8 Å². The smallest absolute Gasteiger partial charge is 0.236 e. The van der Waals surface area contributed by atoms with Gasteiger partial charge in [-0.25, -0.2) is 0 Å². The molecule has 6 nitrogen and oxygen atoms in total. The fourth-order valence-electron chi connectivity index (χ4n) is 2.93. The highest BCUT2D eigenvalue weighted by molar-refractivity contribution is 8.00. The molecule has 1 aliphatic rings. The number of hydrogen-bond acceptors (Lipinski definition) is 4. The van der Waals surface area contributed by atoms with Crippen LogP contribution in [0.15, 0.2) is 41.8 Å². The number of para-hydroxylation sites is 1. The zero-order chi connectivity index (χ0) is 16.9. The fourth-order valence-corrected chi connectivity index (χ4v) is 3.86. The number of hydrogen-bond donors (Lipinski definition) is 1. The lowest BCUT2D eigenvalue weighted by Gasteiger charge is -2.32. The molecule has 1 aromatic heterocycles. The Kier molecular flexibility index (Phi) is 5.52. The number of nitrogens with zero attached hydrogens (tertiary/aromatic N) is 4. The summed E-state index contributed by atoms with van der Waals surface area (Å²) in [7, 11) is 0. The van der Waals surface area contributed by atoms with E-state index in [0.717, 1.165) is 43.6 Å². The number of rotatable bonds is 5. The van der Waals surface area contributed by atoms with Crippen LogP contribution in [0.5, 0.6) is 0 Å². The third-order valence-corrected chi connectivity index (χ3v) is 5.51. The SMILES string of the molecule is CC[NH+]1CCN(C(=O)[C@H](C)Sc2nncn2-c2ccccc2)CC1. The van der Waals surface area contributed by atoms with E-state index >= 15 is 0 Å². The molecule has 0 spiro atoms. The summed E-state index contributed by atoms with van der Waals surface area (Å²) in [6, 6.07) is 9.95. The number of carbonyl (C=O) groups excluding carboxylic acids is 1. The Labute approximate surface area is 146 Å². The molecule has 128 valence electrons. The van der Waals surface area contributed by atoms with Crippen molar-refractivity contribution in [1.29, 1.82) is 0 Å². The summed E-state index contributed by atoms with van der Waals surface area (Å²) in [5.41, 5.74) is 1.00. The molecule has 2 heterocycles. The Hall–Kier alpha value is -1.86. The van der Waals surface area contributed by atoms with Gasteiger partial charge in [0.15, 0.2) is 5.16 Å². The third kappa shape index (κ3) is 3.79. The van der Waals surface area contributed by atoms with Gasteiger partial charge < -0.3 is 9.80 Å². The lowest BCUT2D eigenvalue weighted by molar-refractivity contribution is -0.902. The minimum absolute atomic E-state index is 0.167. The minimum atomic E-state index is -0.167. The van der Waals surface area contributed by atoms with Crippen LogP contribution in [0.25, 0.3) is 5.69 Å². The second-order valence-electron chi connectivity index (χ2n) is 6.01. The maximum atomic E-state index is 12.7. The molecule has 1 fully saturated rings. The van der Waals surface area contributed by atoms with E-state index in [0.29, 0.717) is 0 Å². The van der Waals surface area contributed by atoms with Crippen LogP contribution in [0.3, 0.4) is 0 Å². The quantitative estimate of drug-likeness (QED) is 0.801. The minimum Gasteiger partial charge on any atom is -0.332 e. The number of benzene rings is 1. The Morgan fingerprint density at radius 2 is 2.00 bits per heavy atom. The third-order valence-electron chi connectivity index (χ3n) is 4.46. The van der Waals surface area contributed by atoms with Gasteiger partial charge in [-0.1, -0.05) is 30.0 Å². The van der Waals surface area contributed by atoms with E-state index in [9.17, 15) is 4.79 Å². The summed E-state index contributed by atoms with van der Waals surface area (Å²) in [5, 5.41) is 8.78. The maximum Gasteiger partial charge on any atom is 0.236 e.